The second-order valence-electron chi connectivity index (χ2n) is 8.78. The maximum Gasteiger partial charge on any atom is 0.307 e. The monoisotopic (exact) mass is 505 g/mol. The van der Waals surface area contributed by atoms with Crippen molar-refractivity contribution in [1.82, 2.24) is 15.1 Å². The van der Waals surface area contributed by atoms with Gasteiger partial charge in [-0.25, -0.2) is 0 Å². The zero-order chi connectivity index (χ0) is 25.2. The van der Waals surface area contributed by atoms with Gasteiger partial charge in [-0.15, -0.1) is 0 Å². The van der Waals surface area contributed by atoms with Crippen molar-refractivity contribution in [3.05, 3.63) is 71.9 Å². The van der Waals surface area contributed by atoms with Crippen LogP contribution in [0.1, 0.15) is 35.3 Å². The molecule has 1 aromatic heterocycles. The third kappa shape index (κ3) is 4.82. The number of benzene rings is 2. The summed E-state index contributed by atoms with van der Waals surface area (Å²) >= 11 is 5.69. The number of nitrogens with one attached hydrogen (secondary N) is 2. The minimum absolute atomic E-state index is 0.0585. The van der Waals surface area contributed by atoms with Gasteiger partial charge in [-0.2, -0.15) is 0 Å². The van der Waals surface area contributed by atoms with E-state index in [2.05, 4.69) is 15.9 Å². The number of nitrogens with zero attached hydrogens (tertiary/aromatic N) is 4. The van der Waals surface area contributed by atoms with E-state index < -0.39 is 6.04 Å². The SMILES string of the molecule is C[n+]1noc(NC(=O)c2ccccc2)c1CN1C(=S)N(C2CC2)C(=O)C1CC(=O)Nc1ccccc1. The minimum Gasteiger partial charge on any atom is -0.326 e. The van der Waals surface area contributed by atoms with Crippen molar-refractivity contribution in [3.63, 3.8) is 0 Å². The molecule has 184 valence electrons. The number of aryl methyl sites for hydroxylation is 1. The maximum atomic E-state index is 13.4. The van der Waals surface area contributed by atoms with Crippen LogP contribution in [0, 0.1) is 0 Å². The molecular weight excluding hydrogens is 480 g/mol. The van der Waals surface area contributed by atoms with E-state index >= 15 is 0 Å². The number of carbonyl (C=O) groups excluding carboxylic acids is 3. The molecule has 1 saturated heterocycles. The third-order valence-electron chi connectivity index (χ3n) is 6.19. The fourth-order valence-corrected chi connectivity index (χ4v) is 4.59. The number of hydrogen-bond acceptors (Lipinski definition) is 6. The van der Waals surface area contributed by atoms with Crippen LogP contribution in [0.25, 0.3) is 0 Å². The molecule has 2 aliphatic rings. The van der Waals surface area contributed by atoms with Crippen molar-refractivity contribution in [2.75, 3.05) is 10.6 Å². The molecule has 5 rings (SSSR count). The maximum absolute atomic E-state index is 13.4. The number of para-hydroxylation sites is 1. The lowest BCUT2D eigenvalue weighted by atomic mass is 10.1. The van der Waals surface area contributed by atoms with Gasteiger partial charge in [0, 0.05) is 17.3 Å². The highest BCUT2D eigenvalue weighted by Gasteiger charge is 2.50. The van der Waals surface area contributed by atoms with E-state index in [-0.39, 0.29) is 42.6 Å². The Morgan fingerprint density at radius 2 is 1.75 bits per heavy atom. The molecule has 3 amide bonds. The molecule has 2 N–H and O–H groups in total. The number of carbonyl (C=O) groups is 3. The molecule has 0 radical (unpaired) electrons. The summed E-state index contributed by atoms with van der Waals surface area (Å²) in [6.07, 6.45) is 1.68. The van der Waals surface area contributed by atoms with E-state index in [1.165, 1.54) is 4.68 Å². The van der Waals surface area contributed by atoms with Gasteiger partial charge in [-0.3, -0.25) is 29.1 Å². The second kappa shape index (κ2) is 9.86. The topological polar surface area (TPSA) is 112 Å². The van der Waals surface area contributed by atoms with Crippen LogP contribution in [0.4, 0.5) is 11.6 Å². The summed E-state index contributed by atoms with van der Waals surface area (Å²) in [6, 6.07) is 17.1. The van der Waals surface area contributed by atoms with Crippen LogP contribution in [0.15, 0.2) is 65.2 Å². The van der Waals surface area contributed by atoms with Crippen molar-refractivity contribution in [3.8, 4) is 0 Å². The Bertz CT molecular complexity index is 1310. The first-order valence-electron chi connectivity index (χ1n) is 11.6. The lowest BCUT2D eigenvalue weighted by Gasteiger charge is -2.22. The summed E-state index contributed by atoms with van der Waals surface area (Å²) < 4.78 is 6.86. The normalized spacial score (nSPS) is 17.4. The van der Waals surface area contributed by atoms with Gasteiger partial charge in [0.25, 0.3) is 17.5 Å². The predicted molar refractivity (Wildman–Crippen MR) is 134 cm³/mol. The lowest BCUT2D eigenvalue weighted by molar-refractivity contribution is -0.746. The van der Waals surface area contributed by atoms with Crippen LogP contribution >= 0.6 is 12.2 Å². The second-order valence-corrected chi connectivity index (χ2v) is 9.14. The van der Waals surface area contributed by atoms with E-state index in [0.717, 1.165) is 12.8 Å². The molecule has 1 atom stereocenters. The molecule has 10 nitrogen and oxygen atoms in total. The van der Waals surface area contributed by atoms with Crippen LogP contribution in [0.3, 0.4) is 0 Å². The molecule has 0 bridgehead atoms. The first-order chi connectivity index (χ1) is 17.4. The number of amides is 3. The summed E-state index contributed by atoms with van der Waals surface area (Å²) in [4.78, 5) is 42.2. The Kier molecular flexibility index (Phi) is 6.47. The van der Waals surface area contributed by atoms with E-state index in [1.54, 1.807) is 53.2 Å². The number of anilines is 2. The van der Waals surface area contributed by atoms with Gasteiger partial charge < -0.3 is 10.2 Å². The number of rotatable bonds is 8. The average molecular weight is 506 g/mol. The molecule has 1 aliphatic heterocycles. The number of thiocarbonyl (C=S) groups is 1. The van der Waals surface area contributed by atoms with Crippen LogP contribution in [-0.4, -0.2) is 50.0 Å². The first kappa shape index (κ1) is 23.6. The van der Waals surface area contributed by atoms with E-state index in [0.29, 0.717) is 22.1 Å². The van der Waals surface area contributed by atoms with Crippen LogP contribution < -0.4 is 15.3 Å². The van der Waals surface area contributed by atoms with Gasteiger partial charge in [-0.05, 0) is 54.0 Å². The van der Waals surface area contributed by atoms with Crippen molar-refractivity contribution >= 4 is 46.6 Å². The summed E-state index contributed by atoms with van der Waals surface area (Å²) in [6.45, 7) is 0.126. The zero-order valence-electron chi connectivity index (χ0n) is 19.6. The third-order valence-corrected chi connectivity index (χ3v) is 6.62. The largest absolute Gasteiger partial charge is 0.326 e. The Morgan fingerprint density at radius 3 is 2.42 bits per heavy atom. The predicted octanol–water partition coefficient (Wildman–Crippen LogP) is 2.24. The Morgan fingerprint density at radius 1 is 1.08 bits per heavy atom. The average Bonchev–Trinajstić information content (AvgIpc) is 3.62. The van der Waals surface area contributed by atoms with Crippen LogP contribution in [-0.2, 0) is 23.2 Å². The fourth-order valence-electron chi connectivity index (χ4n) is 4.16. The molecule has 11 heteroatoms. The smallest absolute Gasteiger partial charge is 0.307 e. The standard InChI is InChI=1S/C25H24N6O4S/c1-29-20(23(35-28-29)27-22(33)16-8-4-2-5-9-16)15-30-19(24(34)31(25(30)36)18-12-13-18)14-21(32)26-17-10-6-3-7-11-17/h2-11,18-19H,12-15H2,1H3,(H-,26,27,28,32,33)/p+1. The molecule has 1 saturated carbocycles. The Hall–Kier alpha value is -4.12. The summed E-state index contributed by atoms with van der Waals surface area (Å²) in [5.41, 5.74) is 1.63. The number of aromatic nitrogens is 2. The summed E-state index contributed by atoms with van der Waals surface area (Å²) in [5.74, 6) is -0.692. The minimum atomic E-state index is -0.783. The molecule has 2 fully saturated rings. The molecule has 1 unspecified atom stereocenters. The van der Waals surface area contributed by atoms with E-state index in [4.69, 9.17) is 16.7 Å². The molecule has 0 spiro atoms. The first-order valence-corrected chi connectivity index (χ1v) is 12.0. The number of hydrogen-bond donors (Lipinski definition) is 2. The molecule has 2 heterocycles. The van der Waals surface area contributed by atoms with E-state index in [1.807, 2.05) is 24.3 Å². The van der Waals surface area contributed by atoms with Gasteiger partial charge >= 0.3 is 5.88 Å². The molecule has 3 aromatic rings. The molecular formula is C25H25N6O4S+. The summed E-state index contributed by atoms with van der Waals surface area (Å²) in [7, 11) is 1.67. The van der Waals surface area contributed by atoms with Crippen molar-refractivity contribution in [2.45, 2.75) is 37.9 Å². The Labute approximate surface area is 212 Å². The quantitative estimate of drug-likeness (QED) is 0.357. The van der Waals surface area contributed by atoms with Gasteiger partial charge in [0.15, 0.2) is 12.2 Å². The van der Waals surface area contributed by atoms with Crippen molar-refractivity contribution in [1.29, 1.82) is 0 Å². The van der Waals surface area contributed by atoms with Crippen molar-refractivity contribution < 1.29 is 23.6 Å². The van der Waals surface area contributed by atoms with Crippen molar-refractivity contribution in [2.24, 2.45) is 7.05 Å². The Balaban J connectivity index is 1.37. The van der Waals surface area contributed by atoms with Gasteiger partial charge in [0.1, 0.15) is 12.6 Å². The van der Waals surface area contributed by atoms with Crippen LogP contribution in [0.5, 0.6) is 0 Å². The van der Waals surface area contributed by atoms with E-state index in [9.17, 15) is 14.4 Å². The molecule has 2 aromatic carbocycles. The lowest BCUT2D eigenvalue weighted by Crippen LogP contribution is -2.43. The molecule has 36 heavy (non-hydrogen) atoms. The van der Waals surface area contributed by atoms with Gasteiger partial charge in [-0.1, -0.05) is 36.4 Å². The van der Waals surface area contributed by atoms with Crippen LogP contribution in [0.2, 0.25) is 0 Å². The highest BCUT2D eigenvalue weighted by Crippen LogP contribution is 2.35. The zero-order valence-corrected chi connectivity index (χ0v) is 20.4. The highest BCUT2D eigenvalue weighted by molar-refractivity contribution is 7.80. The summed E-state index contributed by atoms with van der Waals surface area (Å²) in [5, 5.41) is 9.88. The fraction of sp³-hybridized carbons (Fsp3) is 0.280. The highest BCUT2D eigenvalue weighted by atomic mass is 32.1. The van der Waals surface area contributed by atoms with Gasteiger partial charge in [0.2, 0.25) is 11.2 Å². The van der Waals surface area contributed by atoms with Gasteiger partial charge in [0.05, 0.1) is 6.42 Å². The molecule has 1 aliphatic carbocycles.